The highest BCUT2D eigenvalue weighted by Gasteiger charge is 2.13. The molecule has 1 aromatic rings. The fourth-order valence-corrected chi connectivity index (χ4v) is 1.76. The molecular weight excluding hydrogens is 300 g/mol. The average Bonchev–Trinajstić information content (AvgIpc) is 1.78. The largest absolute Gasteiger partial charge is 0.472 e. The molecule has 0 spiro atoms. The molecule has 0 N–H and O–H groups in total. The van der Waals surface area contributed by atoms with Crippen molar-refractivity contribution in [2.75, 3.05) is 0 Å². The number of hydrogen-bond donors (Lipinski definition) is 0. The molecule has 0 unspecified atom stereocenters. The molecular formula is C9H11ClINO. The van der Waals surface area contributed by atoms with Gasteiger partial charge in [-0.25, -0.2) is 4.98 Å². The first-order valence-electron chi connectivity index (χ1n) is 3.89. The van der Waals surface area contributed by atoms with Crippen LogP contribution in [0.3, 0.4) is 0 Å². The van der Waals surface area contributed by atoms with Gasteiger partial charge in [0, 0.05) is 9.64 Å². The molecule has 0 saturated carbocycles. The first-order chi connectivity index (χ1) is 5.87. The van der Waals surface area contributed by atoms with E-state index < -0.39 is 0 Å². The molecule has 13 heavy (non-hydrogen) atoms. The van der Waals surface area contributed by atoms with Crippen molar-refractivity contribution in [1.29, 1.82) is 0 Å². The van der Waals surface area contributed by atoms with Crippen LogP contribution in [0.25, 0.3) is 0 Å². The SMILES string of the molecule is CC(C)(C)Oc1cc(I)cc(Cl)n1. The van der Waals surface area contributed by atoms with E-state index in [9.17, 15) is 0 Å². The molecule has 4 heteroatoms. The lowest BCUT2D eigenvalue weighted by Gasteiger charge is -2.20. The highest BCUT2D eigenvalue weighted by molar-refractivity contribution is 14.1. The van der Waals surface area contributed by atoms with Crippen molar-refractivity contribution in [3.05, 3.63) is 20.9 Å². The predicted octanol–water partition coefficient (Wildman–Crippen LogP) is 3.52. The van der Waals surface area contributed by atoms with Crippen molar-refractivity contribution in [2.45, 2.75) is 26.4 Å². The van der Waals surface area contributed by atoms with E-state index in [1.807, 2.05) is 26.8 Å². The summed E-state index contributed by atoms with van der Waals surface area (Å²) in [5.74, 6) is 0.574. The number of nitrogens with zero attached hydrogens (tertiary/aromatic N) is 1. The molecule has 72 valence electrons. The Kier molecular flexibility index (Phi) is 3.40. The lowest BCUT2D eigenvalue weighted by Crippen LogP contribution is -2.23. The summed E-state index contributed by atoms with van der Waals surface area (Å²) in [5.41, 5.74) is -0.235. The molecule has 0 atom stereocenters. The van der Waals surface area contributed by atoms with Gasteiger partial charge in [0.25, 0.3) is 0 Å². The maximum atomic E-state index is 5.78. The summed E-state index contributed by atoms with van der Waals surface area (Å²) in [5, 5.41) is 0.464. The summed E-state index contributed by atoms with van der Waals surface area (Å²) in [6.07, 6.45) is 0. The third kappa shape index (κ3) is 4.13. The van der Waals surface area contributed by atoms with Gasteiger partial charge < -0.3 is 4.74 Å². The third-order valence-corrected chi connectivity index (χ3v) is 1.96. The Hall–Kier alpha value is -0.0300. The predicted molar refractivity (Wildman–Crippen MR) is 62.3 cm³/mol. The van der Waals surface area contributed by atoms with Crippen molar-refractivity contribution < 1.29 is 4.74 Å². The summed E-state index contributed by atoms with van der Waals surface area (Å²) in [7, 11) is 0. The van der Waals surface area contributed by atoms with Gasteiger partial charge in [0.2, 0.25) is 5.88 Å². The molecule has 0 aromatic carbocycles. The second-order valence-electron chi connectivity index (χ2n) is 3.66. The average molecular weight is 312 g/mol. The summed E-state index contributed by atoms with van der Waals surface area (Å²) in [6, 6.07) is 3.65. The summed E-state index contributed by atoms with van der Waals surface area (Å²) >= 11 is 7.96. The Morgan fingerprint density at radius 1 is 1.38 bits per heavy atom. The topological polar surface area (TPSA) is 22.1 Å². The van der Waals surface area contributed by atoms with Crippen molar-refractivity contribution in [3.8, 4) is 5.88 Å². The minimum atomic E-state index is -0.235. The molecule has 0 fully saturated rings. The Bertz CT molecular complexity index is 289. The second kappa shape index (κ2) is 4.00. The van der Waals surface area contributed by atoms with Crippen LogP contribution in [-0.2, 0) is 0 Å². The Labute approximate surface area is 96.8 Å². The first-order valence-corrected chi connectivity index (χ1v) is 5.34. The van der Waals surface area contributed by atoms with Crippen LogP contribution in [0.2, 0.25) is 5.15 Å². The van der Waals surface area contributed by atoms with Crippen LogP contribution in [0.4, 0.5) is 0 Å². The van der Waals surface area contributed by atoms with Crippen molar-refractivity contribution in [3.63, 3.8) is 0 Å². The minimum Gasteiger partial charge on any atom is -0.472 e. The zero-order chi connectivity index (χ0) is 10.1. The standard InChI is InChI=1S/C9H11ClINO/c1-9(2,3)13-8-5-6(11)4-7(10)12-8/h4-5H,1-3H3. The van der Waals surface area contributed by atoms with E-state index >= 15 is 0 Å². The molecule has 0 aliphatic rings. The number of halogens is 2. The van der Waals surface area contributed by atoms with Crippen LogP contribution in [0, 0.1) is 3.57 Å². The molecule has 2 nitrogen and oxygen atoms in total. The molecule has 0 aliphatic heterocycles. The van der Waals surface area contributed by atoms with Gasteiger partial charge in [-0.3, -0.25) is 0 Å². The lowest BCUT2D eigenvalue weighted by atomic mass is 10.2. The molecule has 1 aromatic heterocycles. The van der Waals surface area contributed by atoms with Gasteiger partial charge in [0.15, 0.2) is 0 Å². The number of aromatic nitrogens is 1. The van der Waals surface area contributed by atoms with Crippen LogP contribution in [0.15, 0.2) is 12.1 Å². The van der Waals surface area contributed by atoms with Crippen molar-refractivity contribution in [2.24, 2.45) is 0 Å². The lowest BCUT2D eigenvalue weighted by molar-refractivity contribution is 0.124. The van der Waals surface area contributed by atoms with E-state index in [1.165, 1.54) is 0 Å². The monoisotopic (exact) mass is 311 g/mol. The van der Waals surface area contributed by atoms with Crippen molar-refractivity contribution >= 4 is 34.2 Å². The van der Waals surface area contributed by atoms with E-state index in [-0.39, 0.29) is 5.60 Å². The first kappa shape index (κ1) is 11.0. The number of rotatable bonds is 1. The molecule has 0 saturated heterocycles. The van der Waals surface area contributed by atoms with Gasteiger partial charge >= 0.3 is 0 Å². The Morgan fingerprint density at radius 2 is 2.00 bits per heavy atom. The maximum Gasteiger partial charge on any atom is 0.216 e. The fraction of sp³-hybridized carbons (Fsp3) is 0.444. The summed E-state index contributed by atoms with van der Waals surface area (Å²) in [4.78, 5) is 4.06. The Balaban J connectivity index is 2.90. The normalized spacial score (nSPS) is 11.5. The Morgan fingerprint density at radius 3 is 2.46 bits per heavy atom. The fourth-order valence-electron chi connectivity index (χ4n) is 0.809. The van der Waals surface area contributed by atoms with E-state index in [2.05, 4.69) is 27.6 Å². The molecule has 1 rings (SSSR count). The number of ether oxygens (including phenoxy) is 1. The van der Waals surface area contributed by atoms with Gasteiger partial charge in [-0.2, -0.15) is 0 Å². The third-order valence-electron chi connectivity index (χ3n) is 1.15. The van der Waals surface area contributed by atoms with E-state index in [0.717, 1.165) is 3.57 Å². The molecule has 1 heterocycles. The van der Waals surface area contributed by atoms with Gasteiger partial charge in [0.05, 0.1) is 0 Å². The zero-order valence-electron chi connectivity index (χ0n) is 7.77. The molecule has 0 amide bonds. The molecule has 0 radical (unpaired) electrons. The van der Waals surface area contributed by atoms with Gasteiger partial charge in [0.1, 0.15) is 10.8 Å². The summed E-state index contributed by atoms with van der Waals surface area (Å²) in [6.45, 7) is 5.92. The van der Waals surface area contributed by atoms with Gasteiger partial charge in [-0.15, -0.1) is 0 Å². The molecule has 0 aliphatic carbocycles. The highest BCUT2D eigenvalue weighted by Crippen LogP contribution is 2.21. The molecule has 0 bridgehead atoms. The smallest absolute Gasteiger partial charge is 0.216 e. The van der Waals surface area contributed by atoms with E-state index in [0.29, 0.717) is 11.0 Å². The van der Waals surface area contributed by atoms with Gasteiger partial charge in [-0.1, -0.05) is 11.6 Å². The quantitative estimate of drug-likeness (QED) is 0.585. The van der Waals surface area contributed by atoms with Crippen LogP contribution in [0.1, 0.15) is 20.8 Å². The number of pyridine rings is 1. The minimum absolute atomic E-state index is 0.235. The van der Waals surface area contributed by atoms with Crippen LogP contribution in [0.5, 0.6) is 5.88 Å². The summed E-state index contributed by atoms with van der Waals surface area (Å²) < 4.78 is 6.59. The van der Waals surface area contributed by atoms with Crippen LogP contribution < -0.4 is 4.74 Å². The number of hydrogen-bond acceptors (Lipinski definition) is 2. The highest BCUT2D eigenvalue weighted by atomic mass is 127. The second-order valence-corrected chi connectivity index (χ2v) is 5.29. The maximum absolute atomic E-state index is 5.78. The van der Waals surface area contributed by atoms with Crippen LogP contribution >= 0.6 is 34.2 Å². The van der Waals surface area contributed by atoms with Crippen LogP contribution in [-0.4, -0.2) is 10.6 Å². The van der Waals surface area contributed by atoms with E-state index in [1.54, 1.807) is 6.07 Å². The zero-order valence-corrected chi connectivity index (χ0v) is 10.7. The van der Waals surface area contributed by atoms with Crippen molar-refractivity contribution in [1.82, 2.24) is 4.98 Å². The van der Waals surface area contributed by atoms with Gasteiger partial charge in [-0.05, 0) is 49.4 Å². The van der Waals surface area contributed by atoms with E-state index in [4.69, 9.17) is 16.3 Å².